The van der Waals surface area contributed by atoms with Gasteiger partial charge in [0.15, 0.2) is 0 Å². The first-order valence-corrected chi connectivity index (χ1v) is 16.4. The van der Waals surface area contributed by atoms with Crippen LogP contribution in [0.1, 0.15) is 0 Å². The van der Waals surface area contributed by atoms with E-state index in [1.807, 2.05) is 12.1 Å². The Morgan fingerprint density at radius 3 is 1.67 bits per heavy atom. The molecule has 0 aliphatic carbocycles. The van der Waals surface area contributed by atoms with Crippen molar-refractivity contribution in [3.8, 4) is 33.4 Å². The van der Waals surface area contributed by atoms with Crippen LogP contribution in [0.5, 0.6) is 0 Å². The van der Waals surface area contributed by atoms with E-state index in [0.717, 1.165) is 50.1 Å². The minimum Gasteiger partial charge on any atom is -0.456 e. The molecule has 0 aliphatic rings. The van der Waals surface area contributed by atoms with Crippen LogP contribution in [0.25, 0.3) is 66.1 Å². The predicted octanol–water partition coefficient (Wildman–Crippen LogP) is 13.2. The van der Waals surface area contributed by atoms with Crippen molar-refractivity contribution in [3.63, 3.8) is 0 Å². The molecule has 0 aliphatic heterocycles. The number of hydrogen-bond acceptors (Lipinski definition) is 2. The monoisotopic (exact) mass is 613 g/mol. The molecule has 0 spiro atoms. The highest BCUT2D eigenvalue weighted by Gasteiger charge is 2.21. The van der Waals surface area contributed by atoms with E-state index in [4.69, 9.17) is 4.42 Å². The molecule has 48 heavy (non-hydrogen) atoms. The van der Waals surface area contributed by atoms with Crippen LogP contribution < -0.4 is 4.90 Å². The highest BCUT2D eigenvalue weighted by Crippen LogP contribution is 2.45. The van der Waals surface area contributed by atoms with Crippen molar-refractivity contribution in [2.24, 2.45) is 0 Å². The maximum absolute atomic E-state index is 6.19. The Morgan fingerprint density at radius 1 is 0.333 bits per heavy atom. The van der Waals surface area contributed by atoms with Gasteiger partial charge in [0.25, 0.3) is 0 Å². The number of anilines is 3. The van der Waals surface area contributed by atoms with Gasteiger partial charge in [0.1, 0.15) is 11.2 Å². The van der Waals surface area contributed by atoms with Gasteiger partial charge in [-0.15, -0.1) is 0 Å². The van der Waals surface area contributed by atoms with Crippen LogP contribution >= 0.6 is 0 Å². The third kappa shape index (κ3) is 4.83. The average molecular weight is 614 g/mol. The third-order valence-corrected chi connectivity index (χ3v) is 9.29. The van der Waals surface area contributed by atoms with Gasteiger partial charge >= 0.3 is 0 Å². The highest BCUT2D eigenvalue weighted by atomic mass is 16.3. The second-order valence-electron chi connectivity index (χ2n) is 12.1. The van der Waals surface area contributed by atoms with Crippen LogP contribution in [0.3, 0.4) is 0 Å². The zero-order chi connectivity index (χ0) is 31.9. The van der Waals surface area contributed by atoms with Gasteiger partial charge in [-0.2, -0.15) is 0 Å². The van der Waals surface area contributed by atoms with Gasteiger partial charge in [0.2, 0.25) is 0 Å². The molecule has 0 saturated carbocycles. The van der Waals surface area contributed by atoms with Crippen LogP contribution in [0.15, 0.2) is 192 Å². The number of hydrogen-bond donors (Lipinski definition) is 0. The lowest BCUT2D eigenvalue weighted by Gasteiger charge is -2.30. The maximum Gasteiger partial charge on any atom is 0.135 e. The fourth-order valence-corrected chi connectivity index (χ4v) is 7.01. The largest absolute Gasteiger partial charge is 0.456 e. The molecule has 0 bridgehead atoms. The number of nitrogens with zero attached hydrogens (tertiary/aromatic N) is 1. The summed E-state index contributed by atoms with van der Waals surface area (Å²) < 4.78 is 6.19. The lowest BCUT2D eigenvalue weighted by Crippen LogP contribution is -2.12. The van der Waals surface area contributed by atoms with Crippen LogP contribution in [0.4, 0.5) is 17.1 Å². The van der Waals surface area contributed by atoms with E-state index in [9.17, 15) is 0 Å². The normalized spacial score (nSPS) is 11.3. The summed E-state index contributed by atoms with van der Waals surface area (Å²) in [6.45, 7) is 0. The summed E-state index contributed by atoms with van der Waals surface area (Å²) in [5.74, 6) is 0. The Balaban J connectivity index is 1.24. The number of furan rings is 1. The lowest BCUT2D eigenvalue weighted by atomic mass is 9.96. The summed E-state index contributed by atoms with van der Waals surface area (Å²) in [4.78, 5) is 2.40. The first kappa shape index (κ1) is 27.9. The summed E-state index contributed by atoms with van der Waals surface area (Å²) in [7, 11) is 0. The molecular weight excluding hydrogens is 583 g/mol. The first-order valence-electron chi connectivity index (χ1n) is 16.4. The van der Waals surface area contributed by atoms with E-state index < -0.39 is 0 Å². The van der Waals surface area contributed by atoms with Crippen molar-refractivity contribution >= 4 is 49.8 Å². The molecule has 0 amide bonds. The molecule has 2 nitrogen and oxygen atoms in total. The molecule has 1 heterocycles. The molecule has 0 N–H and O–H groups in total. The number of benzene rings is 8. The van der Waals surface area contributed by atoms with Gasteiger partial charge in [-0.1, -0.05) is 146 Å². The topological polar surface area (TPSA) is 16.4 Å². The Labute approximate surface area is 279 Å². The summed E-state index contributed by atoms with van der Waals surface area (Å²) in [5.41, 5.74) is 12.2. The van der Waals surface area contributed by atoms with Crippen molar-refractivity contribution in [1.82, 2.24) is 0 Å². The summed E-state index contributed by atoms with van der Waals surface area (Å²) in [5, 5.41) is 4.75. The van der Waals surface area contributed by atoms with Crippen LogP contribution in [-0.2, 0) is 0 Å². The second-order valence-corrected chi connectivity index (χ2v) is 12.1. The maximum atomic E-state index is 6.19. The van der Waals surface area contributed by atoms with Crippen LogP contribution in [-0.4, -0.2) is 0 Å². The molecule has 8 aromatic carbocycles. The zero-order valence-corrected chi connectivity index (χ0v) is 26.3. The van der Waals surface area contributed by atoms with Crippen LogP contribution in [0, 0.1) is 0 Å². The Hall–Kier alpha value is -6.38. The number of rotatable bonds is 6. The molecule has 1 aromatic heterocycles. The summed E-state index contributed by atoms with van der Waals surface area (Å²) in [6.07, 6.45) is 0. The van der Waals surface area contributed by atoms with Gasteiger partial charge in [-0.3, -0.25) is 0 Å². The fraction of sp³-hybridized carbons (Fsp3) is 0. The van der Waals surface area contributed by atoms with Gasteiger partial charge in [0, 0.05) is 27.6 Å². The molecular formula is C46H31NO. The van der Waals surface area contributed by atoms with Crippen molar-refractivity contribution in [2.75, 3.05) is 4.90 Å². The van der Waals surface area contributed by atoms with Gasteiger partial charge < -0.3 is 9.32 Å². The smallest absolute Gasteiger partial charge is 0.135 e. The van der Waals surface area contributed by atoms with Crippen molar-refractivity contribution in [3.05, 3.63) is 188 Å². The van der Waals surface area contributed by atoms with Crippen molar-refractivity contribution in [1.29, 1.82) is 0 Å². The molecule has 0 fully saturated rings. The molecule has 0 radical (unpaired) electrons. The summed E-state index contributed by atoms with van der Waals surface area (Å²) in [6, 6.07) is 67.0. The third-order valence-electron chi connectivity index (χ3n) is 9.29. The SMILES string of the molecule is c1ccc(-c2ccccc2N(c2ccc(-c3cccc4ccccc34)cc2)c2ccccc2-c2ccc3oc4ccccc4c3c2)cc1. The van der Waals surface area contributed by atoms with Gasteiger partial charge in [0.05, 0.1) is 11.4 Å². The molecule has 0 saturated heterocycles. The Kier molecular flexibility index (Phi) is 6.84. The van der Waals surface area contributed by atoms with E-state index in [0.29, 0.717) is 0 Å². The lowest BCUT2D eigenvalue weighted by molar-refractivity contribution is 0.669. The fourth-order valence-electron chi connectivity index (χ4n) is 7.01. The molecule has 9 rings (SSSR count). The average Bonchev–Trinajstić information content (AvgIpc) is 3.54. The predicted molar refractivity (Wildman–Crippen MR) is 202 cm³/mol. The van der Waals surface area contributed by atoms with E-state index in [1.165, 1.54) is 33.0 Å². The van der Waals surface area contributed by atoms with E-state index in [-0.39, 0.29) is 0 Å². The molecule has 2 heteroatoms. The zero-order valence-electron chi connectivity index (χ0n) is 26.3. The Bertz CT molecular complexity index is 2560. The minimum atomic E-state index is 0.896. The van der Waals surface area contributed by atoms with Crippen LogP contribution in [0.2, 0.25) is 0 Å². The van der Waals surface area contributed by atoms with Gasteiger partial charge in [-0.25, -0.2) is 0 Å². The Morgan fingerprint density at radius 2 is 0.875 bits per heavy atom. The highest BCUT2D eigenvalue weighted by molar-refractivity contribution is 6.07. The van der Waals surface area contributed by atoms with Gasteiger partial charge in [-0.05, 0) is 75.5 Å². The second kappa shape index (κ2) is 11.8. The number of para-hydroxylation sites is 3. The number of fused-ring (bicyclic) bond motifs is 4. The van der Waals surface area contributed by atoms with E-state index in [2.05, 4.69) is 181 Å². The first-order chi connectivity index (χ1) is 23.8. The molecule has 9 aromatic rings. The summed E-state index contributed by atoms with van der Waals surface area (Å²) >= 11 is 0. The molecule has 226 valence electrons. The van der Waals surface area contributed by atoms with E-state index >= 15 is 0 Å². The van der Waals surface area contributed by atoms with E-state index in [1.54, 1.807) is 0 Å². The van der Waals surface area contributed by atoms with Crippen molar-refractivity contribution < 1.29 is 4.42 Å². The quantitative estimate of drug-likeness (QED) is 0.185. The standard InChI is InChI=1S/C46H31NO/c1-2-13-33(14-3-1)39-18-6-9-22-43(39)47(36-28-25-34(26-29-36)38-21-12-16-32-15-4-5-17-37(32)38)44-23-10-7-19-40(44)35-27-30-46-42(31-35)41-20-8-11-24-45(41)48-46/h1-31H. The molecule has 0 unspecified atom stereocenters. The molecule has 0 atom stereocenters. The van der Waals surface area contributed by atoms with Crippen molar-refractivity contribution in [2.45, 2.75) is 0 Å². The minimum absolute atomic E-state index is 0.896.